The molecule has 0 radical (unpaired) electrons. The van der Waals surface area contributed by atoms with Crippen molar-refractivity contribution in [3.63, 3.8) is 0 Å². The van der Waals surface area contributed by atoms with Crippen molar-refractivity contribution in [2.45, 2.75) is 275 Å². The Kier molecular flexibility index (Phi) is 37.1. The molecule has 0 saturated heterocycles. The van der Waals surface area contributed by atoms with Gasteiger partial charge in [0.05, 0.1) is 13.2 Å². The number of phosphoric acid groups is 1. The van der Waals surface area contributed by atoms with E-state index in [-0.39, 0.29) is 13.0 Å². The first-order valence-electron chi connectivity index (χ1n) is 24.9. The Morgan fingerprint density at radius 2 is 0.783 bits per heavy atom. The monoisotopic (exact) mass is 881 g/mol. The molecule has 12 nitrogen and oxygen atoms in total. The van der Waals surface area contributed by atoms with Crippen molar-refractivity contribution >= 4 is 13.8 Å². The molecule has 6 unspecified atom stereocenters. The zero-order chi connectivity index (χ0) is 44.1. The summed E-state index contributed by atoms with van der Waals surface area (Å²) in [5.74, 6) is -0.471. The molecule has 0 amide bonds. The van der Waals surface area contributed by atoms with E-state index in [4.69, 9.17) is 18.5 Å². The molecule has 0 spiro atoms. The van der Waals surface area contributed by atoms with Gasteiger partial charge in [0.25, 0.3) is 0 Å². The van der Waals surface area contributed by atoms with E-state index in [2.05, 4.69) is 13.8 Å². The van der Waals surface area contributed by atoms with Crippen molar-refractivity contribution in [1.29, 1.82) is 0 Å². The van der Waals surface area contributed by atoms with Crippen molar-refractivity contribution in [2.75, 3.05) is 19.8 Å². The third kappa shape index (κ3) is 30.4. The molecule has 1 aliphatic rings. The summed E-state index contributed by atoms with van der Waals surface area (Å²) in [7, 11) is -5.01. The van der Waals surface area contributed by atoms with E-state index in [1.54, 1.807) is 0 Å². The normalized spacial score (nSPS) is 22.2. The lowest BCUT2D eigenvalue weighted by Crippen LogP contribution is -2.64. The van der Waals surface area contributed by atoms with Gasteiger partial charge in [0.15, 0.2) is 0 Å². The van der Waals surface area contributed by atoms with E-state index < -0.39 is 63.1 Å². The van der Waals surface area contributed by atoms with Crippen LogP contribution in [0.5, 0.6) is 0 Å². The highest BCUT2D eigenvalue weighted by Gasteiger charge is 2.51. The zero-order valence-corrected chi connectivity index (χ0v) is 39.2. The van der Waals surface area contributed by atoms with E-state index in [1.165, 1.54) is 167 Å². The first-order chi connectivity index (χ1) is 29.0. The maximum absolute atomic E-state index is 12.8. The Bertz CT molecular complexity index is 1000. The predicted molar refractivity (Wildman–Crippen MR) is 240 cm³/mol. The van der Waals surface area contributed by atoms with Crippen LogP contribution >= 0.6 is 7.82 Å². The van der Waals surface area contributed by atoms with Gasteiger partial charge in [0.2, 0.25) is 0 Å². The van der Waals surface area contributed by atoms with Crippen molar-refractivity contribution in [3.8, 4) is 0 Å². The predicted octanol–water partition coefficient (Wildman–Crippen LogP) is 10.5. The lowest BCUT2D eigenvalue weighted by molar-refractivity contribution is -0.220. The van der Waals surface area contributed by atoms with E-state index in [0.29, 0.717) is 13.0 Å². The lowest BCUT2D eigenvalue weighted by atomic mass is 9.85. The fourth-order valence-electron chi connectivity index (χ4n) is 8.01. The molecule has 0 aromatic carbocycles. The number of esters is 1. The number of aliphatic hydroxyl groups excluding tert-OH is 5. The second-order valence-electron chi connectivity index (χ2n) is 17.7. The Morgan fingerprint density at radius 1 is 0.467 bits per heavy atom. The molecule has 1 fully saturated rings. The quantitative estimate of drug-likeness (QED) is 0.0193. The van der Waals surface area contributed by atoms with E-state index in [0.717, 1.165) is 38.5 Å². The van der Waals surface area contributed by atoms with Gasteiger partial charge in [-0.05, 0) is 12.8 Å². The van der Waals surface area contributed by atoms with E-state index in [9.17, 15) is 39.8 Å². The van der Waals surface area contributed by atoms with Gasteiger partial charge in [0.1, 0.15) is 42.7 Å². The zero-order valence-electron chi connectivity index (χ0n) is 38.3. The maximum atomic E-state index is 12.8. The first-order valence-corrected chi connectivity index (χ1v) is 26.4. The fourth-order valence-corrected chi connectivity index (χ4v) is 8.98. The SMILES string of the molecule is CCCCCCCCCCCCCCCCCCCCCOCC(COP(=O)(O)OC1C(O)C(O)C(O)C(O)C1O)OC(=O)CCCCCCCCCCCCCCCC. The highest BCUT2D eigenvalue weighted by molar-refractivity contribution is 7.47. The molecule has 1 saturated carbocycles. The van der Waals surface area contributed by atoms with Gasteiger partial charge in [-0.3, -0.25) is 13.8 Å². The molecule has 0 heterocycles. The summed E-state index contributed by atoms with van der Waals surface area (Å²) >= 11 is 0. The van der Waals surface area contributed by atoms with E-state index >= 15 is 0 Å². The van der Waals surface area contributed by atoms with Gasteiger partial charge in [-0.15, -0.1) is 0 Å². The molecular weight excluding hydrogens is 787 g/mol. The van der Waals surface area contributed by atoms with Crippen LogP contribution in [0.4, 0.5) is 0 Å². The number of carbonyl (C=O) groups excluding carboxylic acids is 1. The van der Waals surface area contributed by atoms with Crippen LogP contribution in [0.3, 0.4) is 0 Å². The highest BCUT2D eigenvalue weighted by Crippen LogP contribution is 2.47. The second-order valence-corrected chi connectivity index (χ2v) is 19.1. The van der Waals surface area contributed by atoms with Crippen LogP contribution in [-0.2, 0) is 27.9 Å². The molecule has 0 bridgehead atoms. The van der Waals surface area contributed by atoms with Crippen LogP contribution in [0.25, 0.3) is 0 Å². The van der Waals surface area contributed by atoms with Crippen molar-refractivity contribution in [1.82, 2.24) is 0 Å². The summed E-state index contributed by atoms with van der Waals surface area (Å²) in [6, 6.07) is 0. The molecule has 0 aliphatic heterocycles. The molecular formula is C47H93O12P. The van der Waals surface area contributed by atoms with Crippen LogP contribution < -0.4 is 0 Å². The van der Waals surface area contributed by atoms with E-state index in [1.807, 2.05) is 0 Å². The molecule has 1 aliphatic carbocycles. The third-order valence-corrected chi connectivity index (χ3v) is 13.0. The van der Waals surface area contributed by atoms with Crippen LogP contribution in [0, 0.1) is 0 Å². The largest absolute Gasteiger partial charge is 0.472 e. The smallest absolute Gasteiger partial charge is 0.457 e. The van der Waals surface area contributed by atoms with Crippen molar-refractivity contribution < 1.29 is 58.3 Å². The highest BCUT2D eigenvalue weighted by atomic mass is 31.2. The number of unbranched alkanes of at least 4 members (excludes halogenated alkanes) is 31. The molecule has 358 valence electrons. The Labute approximate surface area is 365 Å². The molecule has 0 aromatic rings. The Hall–Kier alpha value is -0.660. The molecule has 60 heavy (non-hydrogen) atoms. The molecule has 13 heteroatoms. The standard InChI is InChI=1S/C47H93O12P/c1-3-5-7-9-11-13-15-17-19-20-21-22-23-25-27-29-31-33-35-37-56-38-40(39-57-60(54,55)59-47-45(52)43(50)42(49)44(51)46(47)53)58-41(48)36-34-32-30-28-26-24-18-16-14-12-10-8-6-4-2/h40,42-47,49-53H,3-39H2,1-2H3,(H,54,55). The summed E-state index contributed by atoms with van der Waals surface area (Å²) in [5.41, 5.74) is 0. The summed E-state index contributed by atoms with van der Waals surface area (Å²) in [4.78, 5) is 23.2. The van der Waals surface area contributed by atoms with Crippen molar-refractivity contribution in [2.24, 2.45) is 0 Å². The number of rotatable bonds is 43. The van der Waals surface area contributed by atoms with Gasteiger partial charge in [-0.2, -0.15) is 0 Å². The minimum atomic E-state index is -5.01. The Morgan fingerprint density at radius 3 is 1.15 bits per heavy atom. The number of hydrogen-bond donors (Lipinski definition) is 6. The van der Waals surface area contributed by atoms with Gasteiger partial charge in [0, 0.05) is 13.0 Å². The number of ether oxygens (including phenoxy) is 2. The molecule has 6 N–H and O–H groups in total. The van der Waals surface area contributed by atoms with Crippen molar-refractivity contribution in [3.05, 3.63) is 0 Å². The second kappa shape index (κ2) is 38.8. The summed E-state index contributed by atoms with van der Waals surface area (Å²) < 4.78 is 34.3. The summed E-state index contributed by atoms with van der Waals surface area (Å²) in [6.45, 7) is 4.31. The molecule has 6 atom stereocenters. The first kappa shape index (κ1) is 57.4. The fraction of sp³-hybridized carbons (Fsp3) is 0.979. The average molecular weight is 881 g/mol. The third-order valence-electron chi connectivity index (χ3n) is 12.0. The van der Waals surface area contributed by atoms with Crippen LogP contribution in [0.1, 0.15) is 232 Å². The number of hydrogen-bond acceptors (Lipinski definition) is 11. The lowest BCUT2D eigenvalue weighted by Gasteiger charge is -2.41. The number of carbonyl (C=O) groups is 1. The summed E-state index contributed by atoms with van der Waals surface area (Å²) in [6.07, 6.45) is 28.8. The average Bonchev–Trinajstić information content (AvgIpc) is 3.23. The van der Waals surface area contributed by atoms with Crippen LogP contribution in [0.15, 0.2) is 0 Å². The van der Waals surface area contributed by atoms with Crippen LogP contribution in [-0.4, -0.2) is 98.9 Å². The van der Waals surface area contributed by atoms with Gasteiger partial charge in [-0.25, -0.2) is 4.57 Å². The maximum Gasteiger partial charge on any atom is 0.472 e. The van der Waals surface area contributed by atoms with Gasteiger partial charge >= 0.3 is 13.8 Å². The van der Waals surface area contributed by atoms with Crippen LogP contribution in [0.2, 0.25) is 0 Å². The summed E-state index contributed by atoms with van der Waals surface area (Å²) in [5, 5.41) is 50.2. The molecule has 0 aromatic heterocycles. The minimum Gasteiger partial charge on any atom is -0.457 e. The van der Waals surface area contributed by atoms with Gasteiger partial charge in [-0.1, -0.05) is 213 Å². The number of phosphoric ester groups is 1. The van der Waals surface area contributed by atoms with Gasteiger partial charge < -0.3 is 39.9 Å². The topological polar surface area (TPSA) is 192 Å². The Balaban J connectivity index is 2.33. The minimum absolute atomic E-state index is 0.0676. The molecule has 1 rings (SSSR count). The number of aliphatic hydroxyl groups is 5.